The number of carbonyl (C=O) groups is 2. The van der Waals surface area contributed by atoms with Crippen LogP contribution >= 0.6 is 0 Å². The van der Waals surface area contributed by atoms with Crippen LogP contribution in [-0.4, -0.2) is 31.4 Å². The first kappa shape index (κ1) is 32.1. The second kappa shape index (κ2) is 12.9. The van der Waals surface area contributed by atoms with Crippen LogP contribution in [0.15, 0.2) is 60.9 Å². The predicted molar refractivity (Wildman–Crippen MR) is 172 cm³/mol. The maximum atomic E-state index is 13.0. The van der Waals surface area contributed by atoms with Gasteiger partial charge in [0.05, 0.1) is 11.1 Å². The molecule has 0 bridgehead atoms. The largest absolute Gasteiger partial charge is 0.322 e. The second-order valence-corrected chi connectivity index (χ2v) is 13.6. The molecule has 2 aromatic heterocycles. The Morgan fingerprint density at radius 1 is 0.667 bits per heavy atom. The average molecular weight is 663 g/mol. The van der Waals surface area contributed by atoms with E-state index >= 15 is 0 Å². The minimum absolute atomic E-state index is 0.0724. The summed E-state index contributed by atoms with van der Waals surface area (Å²) in [4.78, 5) is 25.0. The van der Waals surface area contributed by atoms with Crippen LogP contribution in [0.2, 0.25) is 0 Å². The lowest BCUT2D eigenvalue weighted by molar-refractivity contribution is 0.100. The summed E-state index contributed by atoms with van der Waals surface area (Å²) >= 11 is 0. The van der Waals surface area contributed by atoms with E-state index < -0.39 is 36.1 Å². The molecule has 4 saturated carbocycles. The van der Waals surface area contributed by atoms with Gasteiger partial charge in [0.1, 0.15) is 11.4 Å². The highest BCUT2D eigenvalue weighted by molar-refractivity contribution is 6.06. The zero-order valence-electron chi connectivity index (χ0n) is 26.8. The monoisotopic (exact) mass is 662 g/mol. The molecular formula is C36H38F4N6O2. The van der Waals surface area contributed by atoms with Gasteiger partial charge in [-0.05, 0) is 97.3 Å². The minimum atomic E-state index is -2.77. The molecule has 2 unspecified atom stereocenters. The number of halogens is 4. The molecular weight excluding hydrogens is 624 g/mol. The quantitative estimate of drug-likeness (QED) is 0.167. The summed E-state index contributed by atoms with van der Waals surface area (Å²) in [5.74, 6) is 3.01. The standard InChI is InChI=1S/2C18H19F2N3O/c2*1-23-9-14(16(22-23)17(19)20)18(24)21-15-5-3-2-4-11(15)13-8-12(13)10-6-7-10/h2*2-5,9-10,12-13,17H,6-8H2,1H3,(H,21,24)/t12-,13+;/m0./s1. The first-order valence-corrected chi connectivity index (χ1v) is 16.5. The Kier molecular flexibility index (Phi) is 8.59. The van der Waals surface area contributed by atoms with E-state index in [0.29, 0.717) is 11.8 Å². The molecule has 2 aromatic carbocycles. The molecule has 0 saturated heterocycles. The van der Waals surface area contributed by atoms with Crippen LogP contribution in [0.5, 0.6) is 0 Å². The molecule has 4 atom stereocenters. The third kappa shape index (κ3) is 6.88. The van der Waals surface area contributed by atoms with Gasteiger partial charge in [-0.1, -0.05) is 36.4 Å². The van der Waals surface area contributed by atoms with Gasteiger partial charge in [0.25, 0.3) is 24.7 Å². The van der Waals surface area contributed by atoms with Gasteiger partial charge in [-0.3, -0.25) is 19.0 Å². The van der Waals surface area contributed by atoms with E-state index in [1.54, 1.807) is 0 Å². The van der Waals surface area contributed by atoms with Crippen LogP contribution < -0.4 is 10.6 Å². The van der Waals surface area contributed by atoms with Gasteiger partial charge < -0.3 is 10.6 Å². The maximum absolute atomic E-state index is 13.0. The van der Waals surface area contributed by atoms with Gasteiger partial charge in [0.2, 0.25) is 0 Å². The summed E-state index contributed by atoms with van der Waals surface area (Å²) in [6, 6.07) is 15.4. The molecule has 48 heavy (non-hydrogen) atoms. The molecule has 4 fully saturated rings. The van der Waals surface area contributed by atoms with Crippen molar-refractivity contribution < 1.29 is 27.2 Å². The van der Waals surface area contributed by atoms with Gasteiger partial charge in [-0.15, -0.1) is 0 Å². The fourth-order valence-electron chi connectivity index (χ4n) is 7.17. The molecule has 4 aliphatic rings. The molecule has 4 aliphatic carbocycles. The smallest absolute Gasteiger partial charge is 0.282 e. The van der Waals surface area contributed by atoms with Gasteiger partial charge in [0.15, 0.2) is 0 Å². The van der Waals surface area contributed by atoms with Crippen molar-refractivity contribution in [3.05, 3.63) is 94.6 Å². The number of anilines is 2. The van der Waals surface area contributed by atoms with Crippen molar-refractivity contribution in [2.45, 2.75) is 63.2 Å². The van der Waals surface area contributed by atoms with Crippen LogP contribution in [0.1, 0.15) is 106 Å². The first-order chi connectivity index (χ1) is 23.1. The highest BCUT2D eigenvalue weighted by Gasteiger charge is 2.49. The Labute approximate surface area is 275 Å². The number of carbonyl (C=O) groups excluding carboxylic acids is 2. The van der Waals surface area contributed by atoms with Crippen molar-refractivity contribution in [3.63, 3.8) is 0 Å². The van der Waals surface area contributed by atoms with Crippen LogP contribution in [0.25, 0.3) is 0 Å². The van der Waals surface area contributed by atoms with Crippen molar-refractivity contribution >= 4 is 23.2 Å². The summed E-state index contributed by atoms with van der Waals surface area (Å²) in [5, 5.41) is 13.0. The van der Waals surface area contributed by atoms with Crippen LogP contribution in [0.3, 0.4) is 0 Å². The fraction of sp³-hybridized carbons (Fsp3) is 0.444. The first-order valence-electron chi connectivity index (χ1n) is 16.5. The fourth-order valence-corrected chi connectivity index (χ4v) is 7.17. The number of aromatic nitrogens is 4. The Hall–Kier alpha value is -4.48. The number of amides is 2. The molecule has 0 spiro atoms. The Morgan fingerprint density at radius 3 is 1.40 bits per heavy atom. The average Bonchev–Trinajstić information content (AvgIpc) is 3.85. The number of aryl methyl sites for hydroxylation is 2. The normalized spacial score (nSPS) is 22.7. The minimum Gasteiger partial charge on any atom is -0.322 e. The summed E-state index contributed by atoms with van der Waals surface area (Å²) in [6.45, 7) is 0. The lowest BCUT2D eigenvalue weighted by Gasteiger charge is -2.11. The number of benzene rings is 2. The number of hydrogen-bond acceptors (Lipinski definition) is 4. The zero-order valence-corrected chi connectivity index (χ0v) is 26.8. The molecule has 2 N–H and O–H groups in total. The number of nitrogens with zero attached hydrogens (tertiary/aromatic N) is 4. The number of nitrogens with one attached hydrogen (secondary N) is 2. The lowest BCUT2D eigenvalue weighted by atomic mass is 10.0. The highest BCUT2D eigenvalue weighted by Crippen LogP contribution is 2.61. The molecule has 2 amide bonds. The highest BCUT2D eigenvalue weighted by atomic mass is 19.3. The third-order valence-electron chi connectivity index (χ3n) is 9.97. The SMILES string of the molecule is Cn1cc(C(=O)Nc2ccccc2C2CC2C2CC2)c(C(F)F)n1.Cn1cc(C(=O)Nc2ccccc2[C@H]2C[C@H]2C2CC2)c(C(F)F)n1. The zero-order chi connectivity index (χ0) is 33.7. The van der Waals surface area contributed by atoms with Crippen molar-refractivity contribution in [3.8, 4) is 0 Å². The van der Waals surface area contributed by atoms with Gasteiger partial charge in [-0.25, -0.2) is 17.6 Å². The molecule has 4 aromatic rings. The molecule has 12 heteroatoms. The Bertz CT molecular complexity index is 1700. The van der Waals surface area contributed by atoms with Crippen LogP contribution in [0.4, 0.5) is 28.9 Å². The maximum Gasteiger partial charge on any atom is 0.282 e. The number of hydrogen-bond donors (Lipinski definition) is 2. The molecule has 0 radical (unpaired) electrons. The van der Waals surface area contributed by atoms with Gasteiger partial charge >= 0.3 is 0 Å². The summed E-state index contributed by atoms with van der Waals surface area (Å²) < 4.78 is 54.7. The number of alkyl halides is 4. The molecule has 252 valence electrons. The van der Waals surface area contributed by atoms with Gasteiger partial charge in [-0.2, -0.15) is 10.2 Å². The van der Waals surface area contributed by atoms with Crippen molar-refractivity contribution in [2.24, 2.45) is 37.8 Å². The summed E-state index contributed by atoms with van der Waals surface area (Å²) in [7, 11) is 3.06. The van der Waals surface area contributed by atoms with E-state index in [-0.39, 0.29) is 11.1 Å². The van der Waals surface area contributed by atoms with E-state index in [1.807, 2.05) is 48.5 Å². The third-order valence-corrected chi connectivity index (χ3v) is 9.97. The molecule has 0 aliphatic heterocycles. The Morgan fingerprint density at radius 2 is 1.04 bits per heavy atom. The van der Waals surface area contributed by atoms with E-state index in [4.69, 9.17) is 0 Å². The Balaban J connectivity index is 0.000000152. The van der Waals surface area contributed by atoms with E-state index in [0.717, 1.165) is 59.0 Å². The van der Waals surface area contributed by atoms with E-state index in [2.05, 4.69) is 20.8 Å². The van der Waals surface area contributed by atoms with Crippen molar-refractivity contribution in [2.75, 3.05) is 10.6 Å². The van der Waals surface area contributed by atoms with Crippen molar-refractivity contribution in [1.29, 1.82) is 0 Å². The lowest BCUT2D eigenvalue weighted by Crippen LogP contribution is -2.14. The van der Waals surface area contributed by atoms with Crippen LogP contribution in [-0.2, 0) is 14.1 Å². The predicted octanol–water partition coefficient (Wildman–Crippen LogP) is 8.25. The van der Waals surface area contributed by atoms with Crippen LogP contribution in [0, 0.1) is 23.7 Å². The van der Waals surface area contributed by atoms with Crippen molar-refractivity contribution in [1.82, 2.24) is 19.6 Å². The van der Waals surface area contributed by atoms with Gasteiger partial charge in [0, 0.05) is 37.9 Å². The summed E-state index contributed by atoms with van der Waals surface area (Å²) in [6.07, 6.45) is 4.68. The topological polar surface area (TPSA) is 93.8 Å². The summed E-state index contributed by atoms with van der Waals surface area (Å²) in [5.41, 5.74) is 2.58. The molecule has 2 heterocycles. The number of para-hydroxylation sites is 2. The molecule has 8 rings (SSSR count). The molecule has 8 nitrogen and oxygen atoms in total. The van der Waals surface area contributed by atoms with E-state index in [1.165, 1.54) is 61.5 Å². The number of rotatable bonds is 10. The second-order valence-electron chi connectivity index (χ2n) is 13.6. The van der Waals surface area contributed by atoms with E-state index in [9.17, 15) is 27.2 Å².